The van der Waals surface area contributed by atoms with E-state index in [-0.39, 0.29) is 6.61 Å². The van der Waals surface area contributed by atoms with E-state index in [1.807, 2.05) is 24.3 Å². The lowest BCUT2D eigenvalue weighted by molar-refractivity contribution is -0.757. The minimum atomic E-state index is -0.791. The van der Waals surface area contributed by atoms with Crippen molar-refractivity contribution in [3.63, 3.8) is 0 Å². The molecule has 1 rings (SSSR count). The molecule has 0 unspecified atom stereocenters. The van der Waals surface area contributed by atoms with Crippen LogP contribution >= 0.6 is 0 Å². The van der Waals surface area contributed by atoms with Crippen LogP contribution in [0.15, 0.2) is 24.3 Å². The molecular formula is C9H11NO4. The number of methoxy groups -OCH3 is 1. The SMILES string of the molecule is COc1cccc(CCO[N+](=O)[O-])c1. The van der Waals surface area contributed by atoms with E-state index in [0.717, 1.165) is 11.3 Å². The maximum Gasteiger partial charge on any atom is 0.294 e. The Kier molecular flexibility index (Phi) is 3.72. The predicted molar refractivity (Wildman–Crippen MR) is 49.6 cm³/mol. The first-order chi connectivity index (χ1) is 6.72. The maximum atomic E-state index is 9.87. The second-order valence-electron chi connectivity index (χ2n) is 2.66. The van der Waals surface area contributed by atoms with Crippen molar-refractivity contribution in [1.29, 1.82) is 0 Å². The Hall–Kier alpha value is -1.78. The highest BCUT2D eigenvalue weighted by molar-refractivity contribution is 5.28. The van der Waals surface area contributed by atoms with Crippen LogP contribution in [0.5, 0.6) is 5.75 Å². The molecule has 14 heavy (non-hydrogen) atoms. The van der Waals surface area contributed by atoms with Crippen LogP contribution in [0.4, 0.5) is 0 Å². The number of nitrogens with zero attached hydrogens (tertiary/aromatic N) is 1. The smallest absolute Gasteiger partial charge is 0.294 e. The first-order valence-corrected chi connectivity index (χ1v) is 4.12. The van der Waals surface area contributed by atoms with Crippen LogP contribution in [-0.4, -0.2) is 18.8 Å². The minimum Gasteiger partial charge on any atom is -0.497 e. The molecule has 5 nitrogen and oxygen atoms in total. The van der Waals surface area contributed by atoms with E-state index in [1.165, 1.54) is 0 Å². The summed E-state index contributed by atoms with van der Waals surface area (Å²) in [6, 6.07) is 7.34. The Bertz CT molecular complexity index is 313. The standard InChI is InChI=1S/C9H11NO4/c1-13-9-4-2-3-8(7-9)5-6-14-10(11)12/h2-4,7H,5-6H2,1H3. The second-order valence-corrected chi connectivity index (χ2v) is 2.66. The van der Waals surface area contributed by atoms with E-state index >= 15 is 0 Å². The monoisotopic (exact) mass is 197 g/mol. The van der Waals surface area contributed by atoms with Gasteiger partial charge in [0, 0.05) is 0 Å². The van der Waals surface area contributed by atoms with Gasteiger partial charge in [0.25, 0.3) is 5.09 Å². The first kappa shape index (κ1) is 10.3. The van der Waals surface area contributed by atoms with E-state index in [2.05, 4.69) is 4.84 Å². The zero-order chi connectivity index (χ0) is 10.4. The lowest BCUT2D eigenvalue weighted by Gasteiger charge is -2.03. The molecule has 0 fully saturated rings. The van der Waals surface area contributed by atoms with Crippen LogP contribution in [0.1, 0.15) is 5.56 Å². The highest BCUT2D eigenvalue weighted by Crippen LogP contribution is 2.12. The summed E-state index contributed by atoms with van der Waals surface area (Å²) in [6.07, 6.45) is 0.498. The summed E-state index contributed by atoms with van der Waals surface area (Å²) in [5, 5.41) is 9.08. The number of rotatable bonds is 5. The zero-order valence-electron chi connectivity index (χ0n) is 7.80. The van der Waals surface area contributed by atoms with Crippen molar-refractivity contribution in [1.82, 2.24) is 0 Å². The highest BCUT2D eigenvalue weighted by atomic mass is 16.9. The fourth-order valence-electron chi connectivity index (χ4n) is 1.07. The molecule has 0 amide bonds. The Morgan fingerprint density at radius 3 is 2.93 bits per heavy atom. The Labute approximate surface area is 81.4 Å². The van der Waals surface area contributed by atoms with Gasteiger partial charge in [0.05, 0.1) is 7.11 Å². The number of hydrogen-bond donors (Lipinski definition) is 0. The molecule has 5 heteroatoms. The molecule has 0 aliphatic rings. The van der Waals surface area contributed by atoms with Crippen molar-refractivity contribution in [3.05, 3.63) is 39.9 Å². The van der Waals surface area contributed by atoms with E-state index in [4.69, 9.17) is 4.74 Å². The van der Waals surface area contributed by atoms with Gasteiger partial charge in [-0.05, 0) is 24.1 Å². The van der Waals surface area contributed by atoms with Gasteiger partial charge in [-0.25, -0.2) is 0 Å². The van der Waals surface area contributed by atoms with Gasteiger partial charge < -0.3 is 9.57 Å². The first-order valence-electron chi connectivity index (χ1n) is 4.12. The molecule has 0 heterocycles. The quantitative estimate of drug-likeness (QED) is 0.529. The molecule has 0 saturated heterocycles. The molecule has 0 aliphatic heterocycles. The van der Waals surface area contributed by atoms with Crippen molar-refractivity contribution in [2.75, 3.05) is 13.7 Å². The Morgan fingerprint density at radius 2 is 2.29 bits per heavy atom. The zero-order valence-corrected chi connectivity index (χ0v) is 7.80. The van der Waals surface area contributed by atoms with Gasteiger partial charge in [-0.3, -0.25) is 0 Å². The number of hydrogen-bond acceptors (Lipinski definition) is 4. The fourth-order valence-corrected chi connectivity index (χ4v) is 1.07. The van der Waals surface area contributed by atoms with Crippen molar-refractivity contribution in [2.24, 2.45) is 0 Å². The highest BCUT2D eigenvalue weighted by Gasteiger charge is 1.98. The molecular weight excluding hydrogens is 186 g/mol. The second kappa shape index (κ2) is 5.06. The molecule has 0 saturated carbocycles. The minimum absolute atomic E-state index is 0.0696. The maximum absolute atomic E-state index is 9.87. The third kappa shape index (κ3) is 3.30. The van der Waals surface area contributed by atoms with Crippen molar-refractivity contribution in [2.45, 2.75) is 6.42 Å². The molecule has 76 valence electrons. The third-order valence-electron chi connectivity index (χ3n) is 1.72. The molecule has 0 radical (unpaired) electrons. The molecule has 1 aromatic carbocycles. The summed E-state index contributed by atoms with van der Waals surface area (Å²) in [4.78, 5) is 14.1. The summed E-state index contributed by atoms with van der Waals surface area (Å²) in [5.41, 5.74) is 0.950. The molecule has 1 aromatic rings. The average Bonchev–Trinajstić information content (AvgIpc) is 2.18. The van der Waals surface area contributed by atoms with E-state index in [1.54, 1.807) is 7.11 Å². The van der Waals surface area contributed by atoms with Gasteiger partial charge in [0.2, 0.25) is 0 Å². The van der Waals surface area contributed by atoms with Crippen LogP contribution in [-0.2, 0) is 11.3 Å². The molecule has 0 bridgehead atoms. The predicted octanol–water partition coefficient (Wildman–Crippen LogP) is 1.45. The van der Waals surface area contributed by atoms with E-state index in [0.29, 0.717) is 6.42 Å². The van der Waals surface area contributed by atoms with Gasteiger partial charge in [0.15, 0.2) is 0 Å². The lowest BCUT2D eigenvalue weighted by atomic mass is 10.1. The van der Waals surface area contributed by atoms with E-state index in [9.17, 15) is 10.1 Å². The van der Waals surface area contributed by atoms with Gasteiger partial charge >= 0.3 is 0 Å². The summed E-state index contributed by atoms with van der Waals surface area (Å²) in [5.74, 6) is 0.739. The Balaban J connectivity index is 2.46. The summed E-state index contributed by atoms with van der Waals surface area (Å²) in [7, 11) is 1.58. The fraction of sp³-hybridized carbons (Fsp3) is 0.333. The number of benzene rings is 1. The van der Waals surface area contributed by atoms with Gasteiger partial charge in [-0.2, -0.15) is 0 Å². The molecule has 0 aromatic heterocycles. The molecule has 0 spiro atoms. The number of ether oxygens (including phenoxy) is 1. The van der Waals surface area contributed by atoms with Gasteiger partial charge in [-0.1, -0.05) is 12.1 Å². The van der Waals surface area contributed by atoms with Crippen molar-refractivity contribution < 1.29 is 14.7 Å². The molecule has 0 aliphatic carbocycles. The van der Waals surface area contributed by atoms with Crippen molar-refractivity contribution in [3.8, 4) is 5.75 Å². The van der Waals surface area contributed by atoms with Crippen LogP contribution in [0.25, 0.3) is 0 Å². The Morgan fingerprint density at radius 1 is 1.50 bits per heavy atom. The third-order valence-corrected chi connectivity index (χ3v) is 1.72. The normalized spacial score (nSPS) is 9.50. The lowest BCUT2D eigenvalue weighted by Crippen LogP contribution is -2.04. The van der Waals surface area contributed by atoms with Gasteiger partial charge in [0.1, 0.15) is 12.4 Å². The van der Waals surface area contributed by atoms with Crippen LogP contribution < -0.4 is 4.74 Å². The van der Waals surface area contributed by atoms with Crippen molar-refractivity contribution >= 4 is 0 Å². The van der Waals surface area contributed by atoms with Crippen LogP contribution in [0.3, 0.4) is 0 Å². The average molecular weight is 197 g/mol. The van der Waals surface area contributed by atoms with Gasteiger partial charge in [-0.15, -0.1) is 10.1 Å². The van der Waals surface area contributed by atoms with Crippen LogP contribution in [0.2, 0.25) is 0 Å². The summed E-state index contributed by atoms with van der Waals surface area (Å²) < 4.78 is 5.01. The van der Waals surface area contributed by atoms with E-state index < -0.39 is 5.09 Å². The molecule has 0 N–H and O–H groups in total. The topological polar surface area (TPSA) is 61.6 Å². The molecule has 0 atom stereocenters. The van der Waals surface area contributed by atoms with Crippen LogP contribution in [0, 0.1) is 10.1 Å². The largest absolute Gasteiger partial charge is 0.497 e. The summed E-state index contributed by atoms with van der Waals surface area (Å²) >= 11 is 0. The summed E-state index contributed by atoms with van der Waals surface area (Å²) in [6.45, 7) is 0.0696.